The Hall–Kier alpha value is -1.26. The van der Waals surface area contributed by atoms with Crippen LogP contribution >= 0.6 is 11.3 Å². The second kappa shape index (κ2) is 8.25. The van der Waals surface area contributed by atoms with Gasteiger partial charge in [-0.1, -0.05) is 43.7 Å². The number of aromatic nitrogens is 2. The SMILES string of the molecule is Cc1cccc(CCc2nnc(CCCNC(C)C)s2)c1. The van der Waals surface area contributed by atoms with Gasteiger partial charge in [0, 0.05) is 18.9 Å². The number of nitrogens with zero attached hydrogens (tertiary/aromatic N) is 2. The van der Waals surface area contributed by atoms with Crippen molar-refractivity contribution in [3.05, 3.63) is 45.4 Å². The van der Waals surface area contributed by atoms with Crippen LogP contribution in [0.2, 0.25) is 0 Å². The zero-order valence-electron chi connectivity index (χ0n) is 13.2. The van der Waals surface area contributed by atoms with Gasteiger partial charge in [-0.2, -0.15) is 0 Å². The minimum atomic E-state index is 0.560. The summed E-state index contributed by atoms with van der Waals surface area (Å²) >= 11 is 1.77. The molecule has 0 atom stereocenters. The average Bonchev–Trinajstić information content (AvgIpc) is 2.89. The molecule has 2 rings (SSSR count). The molecule has 21 heavy (non-hydrogen) atoms. The van der Waals surface area contributed by atoms with Gasteiger partial charge >= 0.3 is 0 Å². The van der Waals surface area contributed by atoms with E-state index < -0.39 is 0 Å². The molecule has 1 aromatic heterocycles. The Bertz CT molecular complexity index is 548. The molecular formula is C17H25N3S. The summed E-state index contributed by atoms with van der Waals surface area (Å²) in [7, 11) is 0. The van der Waals surface area contributed by atoms with Crippen LogP contribution in [0.3, 0.4) is 0 Å². The van der Waals surface area contributed by atoms with Crippen molar-refractivity contribution in [1.82, 2.24) is 15.5 Å². The first-order valence-corrected chi connectivity index (χ1v) is 8.55. The third-order valence-corrected chi connectivity index (χ3v) is 4.38. The van der Waals surface area contributed by atoms with Gasteiger partial charge in [-0.3, -0.25) is 0 Å². The van der Waals surface area contributed by atoms with E-state index in [1.807, 2.05) is 0 Å². The number of rotatable bonds is 8. The Balaban J connectivity index is 1.75. The summed E-state index contributed by atoms with van der Waals surface area (Å²) < 4.78 is 0. The van der Waals surface area contributed by atoms with E-state index in [4.69, 9.17) is 0 Å². The van der Waals surface area contributed by atoms with Gasteiger partial charge in [-0.05, 0) is 31.9 Å². The number of hydrogen-bond donors (Lipinski definition) is 1. The summed E-state index contributed by atoms with van der Waals surface area (Å²) in [5.74, 6) is 0. The van der Waals surface area contributed by atoms with E-state index in [1.54, 1.807) is 11.3 Å². The van der Waals surface area contributed by atoms with Crippen molar-refractivity contribution in [2.24, 2.45) is 0 Å². The average molecular weight is 303 g/mol. The lowest BCUT2D eigenvalue weighted by atomic mass is 10.1. The molecule has 0 saturated heterocycles. The quantitative estimate of drug-likeness (QED) is 0.758. The molecule has 0 aliphatic heterocycles. The minimum Gasteiger partial charge on any atom is -0.315 e. The van der Waals surface area contributed by atoms with Crippen molar-refractivity contribution in [3.8, 4) is 0 Å². The van der Waals surface area contributed by atoms with Crippen LogP contribution in [0.4, 0.5) is 0 Å². The summed E-state index contributed by atoms with van der Waals surface area (Å²) in [6, 6.07) is 9.26. The van der Waals surface area contributed by atoms with E-state index in [0.29, 0.717) is 6.04 Å². The van der Waals surface area contributed by atoms with E-state index in [0.717, 1.165) is 37.2 Å². The van der Waals surface area contributed by atoms with Crippen LogP contribution < -0.4 is 5.32 Å². The Morgan fingerprint density at radius 1 is 1.10 bits per heavy atom. The highest BCUT2D eigenvalue weighted by molar-refractivity contribution is 7.11. The van der Waals surface area contributed by atoms with Gasteiger partial charge in [-0.15, -0.1) is 21.5 Å². The van der Waals surface area contributed by atoms with Crippen molar-refractivity contribution >= 4 is 11.3 Å². The van der Waals surface area contributed by atoms with Crippen LogP contribution in [-0.4, -0.2) is 22.8 Å². The molecule has 0 aliphatic rings. The summed E-state index contributed by atoms with van der Waals surface area (Å²) in [5, 5.41) is 14.4. The summed E-state index contributed by atoms with van der Waals surface area (Å²) in [6.45, 7) is 7.54. The largest absolute Gasteiger partial charge is 0.315 e. The van der Waals surface area contributed by atoms with Crippen LogP contribution in [0.15, 0.2) is 24.3 Å². The van der Waals surface area contributed by atoms with Crippen molar-refractivity contribution in [2.45, 2.75) is 52.5 Å². The maximum Gasteiger partial charge on any atom is 0.117 e. The molecule has 0 unspecified atom stereocenters. The third kappa shape index (κ3) is 5.94. The molecule has 1 heterocycles. The second-order valence-electron chi connectivity index (χ2n) is 5.79. The van der Waals surface area contributed by atoms with Crippen molar-refractivity contribution in [1.29, 1.82) is 0 Å². The Morgan fingerprint density at radius 2 is 1.86 bits per heavy atom. The molecule has 0 spiro atoms. The summed E-state index contributed by atoms with van der Waals surface area (Å²) in [5.41, 5.74) is 2.70. The maximum absolute atomic E-state index is 4.32. The molecule has 0 fully saturated rings. The van der Waals surface area contributed by atoms with E-state index in [9.17, 15) is 0 Å². The van der Waals surface area contributed by atoms with Crippen LogP contribution in [0.1, 0.15) is 41.4 Å². The van der Waals surface area contributed by atoms with Gasteiger partial charge in [0.05, 0.1) is 0 Å². The van der Waals surface area contributed by atoms with Gasteiger partial charge in [0.25, 0.3) is 0 Å². The summed E-state index contributed by atoms with van der Waals surface area (Å²) in [4.78, 5) is 0. The predicted octanol–water partition coefficient (Wildman–Crippen LogP) is 3.56. The zero-order valence-corrected chi connectivity index (χ0v) is 14.0. The molecular weight excluding hydrogens is 278 g/mol. The van der Waals surface area contributed by atoms with Crippen LogP contribution in [0.25, 0.3) is 0 Å². The van der Waals surface area contributed by atoms with E-state index in [-0.39, 0.29) is 0 Å². The molecule has 4 heteroatoms. The molecule has 1 N–H and O–H groups in total. The van der Waals surface area contributed by atoms with Crippen molar-refractivity contribution in [2.75, 3.05) is 6.54 Å². The second-order valence-corrected chi connectivity index (χ2v) is 6.94. The van der Waals surface area contributed by atoms with Crippen LogP contribution in [0, 0.1) is 6.92 Å². The summed E-state index contributed by atoms with van der Waals surface area (Å²) in [6.07, 6.45) is 4.20. The Kier molecular flexibility index (Phi) is 6.33. The van der Waals surface area contributed by atoms with Gasteiger partial charge in [-0.25, -0.2) is 0 Å². The highest BCUT2D eigenvalue weighted by atomic mass is 32.1. The fraction of sp³-hybridized carbons (Fsp3) is 0.529. The first-order valence-electron chi connectivity index (χ1n) is 7.73. The maximum atomic E-state index is 4.32. The molecule has 0 aliphatic carbocycles. The van der Waals surface area contributed by atoms with Crippen molar-refractivity contribution in [3.63, 3.8) is 0 Å². The number of nitrogens with one attached hydrogen (secondary N) is 1. The molecule has 0 radical (unpaired) electrons. The third-order valence-electron chi connectivity index (χ3n) is 3.34. The van der Waals surface area contributed by atoms with Crippen LogP contribution in [-0.2, 0) is 19.3 Å². The Morgan fingerprint density at radius 3 is 2.57 bits per heavy atom. The fourth-order valence-electron chi connectivity index (χ4n) is 2.24. The van der Waals surface area contributed by atoms with E-state index >= 15 is 0 Å². The molecule has 0 saturated carbocycles. The number of benzene rings is 1. The van der Waals surface area contributed by atoms with Gasteiger partial charge in [0.1, 0.15) is 10.0 Å². The topological polar surface area (TPSA) is 37.8 Å². The first-order chi connectivity index (χ1) is 10.1. The lowest BCUT2D eigenvalue weighted by molar-refractivity contribution is 0.569. The minimum absolute atomic E-state index is 0.560. The molecule has 2 aromatic rings. The standard InChI is InChI=1S/C17H25N3S/c1-13(2)18-11-5-8-16-19-20-17(21-16)10-9-15-7-4-6-14(3)12-15/h4,6-7,12-13,18H,5,8-11H2,1-3H3. The molecule has 1 aromatic carbocycles. The van der Waals surface area contributed by atoms with Crippen LogP contribution in [0.5, 0.6) is 0 Å². The lowest BCUT2D eigenvalue weighted by Crippen LogP contribution is -2.23. The number of aryl methyl sites for hydroxylation is 4. The first kappa shape index (κ1) is 16.1. The predicted molar refractivity (Wildman–Crippen MR) is 90.0 cm³/mol. The normalized spacial score (nSPS) is 11.2. The van der Waals surface area contributed by atoms with E-state index in [2.05, 4.69) is 60.6 Å². The number of hydrogen-bond acceptors (Lipinski definition) is 4. The van der Waals surface area contributed by atoms with Gasteiger partial charge < -0.3 is 5.32 Å². The van der Waals surface area contributed by atoms with Crippen molar-refractivity contribution < 1.29 is 0 Å². The molecule has 0 bridgehead atoms. The molecule has 0 amide bonds. The fourth-order valence-corrected chi connectivity index (χ4v) is 3.13. The van der Waals surface area contributed by atoms with Gasteiger partial charge in [0.15, 0.2) is 0 Å². The lowest BCUT2D eigenvalue weighted by Gasteiger charge is -2.05. The van der Waals surface area contributed by atoms with Gasteiger partial charge in [0.2, 0.25) is 0 Å². The van der Waals surface area contributed by atoms with E-state index in [1.165, 1.54) is 16.1 Å². The smallest absolute Gasteiger partial charge is 0.117 e. The molecule has 3 nitrogen and oxygen atoms in total. The highest BCUT2D eigenvalue weighted by Gasteiger charge is 2.05. The molecule has 114 valence electrons. The Labute approximate surface area is 131 Å². The monoisotopic (exact) mass is 303 g/mol. The highest BCUT2D eigenvalue weighted by Crippen LogP contribution is 2.15. The zero-order chi connectivity index (χ0) is 15.1.